The quantitative estimate of drug-likeness (QED) is 0.145. The van der Waals surface area contributed by atoms with Gasteiger partial charge in [0.25, 0.3) is 0 Å². The number of rotatable bonds is 8. The van der Waals surface area contributed by atoms with Gasteiger partial charge in [0.05, 0.1) is 44.1 Å². The number of hydrogen-bond acceptors (Lipinski definition) is 0. The van der Waals surface area contributed by atoms with Crippen molar-refractivity contribution in [1.82, 2.24) is 18.3 Å². The lowest BCUT2D eigenvalue weighted by Crippen LogP contribution is -2.38. The first-order valence-corrected chi connectivity index (χ1v) is 30.0. The number of benzene rings is 12. The Morgan fingerprint density at radius 3 is 0.679 bits per heavy atom. The van der Waals surface area contributed by atoms with Crippen molar-refractivity contribution in [3.8, 4) is 22.7 Å². The number of fused-ring (bicyclic) bond motifs is 14. The van der Waals surface area contributed by atoms with Gasteiger partial charge >= 0.3 is 0 Å². The second kappa shape index (κ2) is 18.2. The van der Waals surface area contributed by atoms with Crippen LogP contribution in [0.5, 0.6) is 0 Å². The SMILES string of the molecule is c1ccc2c(c1)c1ccccc1n2-c1ccc(C2(c3ccc(-n4c5ccccc5c5ccccc54)cc3)CCC3CC2CC3(c2ccc(-n3c4ccccc4c4ccccc43)cc2)c2ccc(-n3c4ccccc4c4ccccc43)cc2)cc1. The first-order valence-electron chi connectivity index (χ1n) is 30.0. The van der Waals surface area contributed by atoms with Crippen molar-refractivity contribution < 1.29 is 0 Å². The molecule has 2 saturated carbocycles. The Morgan fingerprint density at radius 1 is 0.226 bits per heavy atom. The molecule has 0 saturated heterocycles. The van der Waals surface area contributed by atoms with Crippen LogP contribution in [0.25, 0.3) is 110 Å². The van der Waals surface area contributed by atoms with Crippen molar-refractivity contribution in [1.29, 1.82) is 0 Å². The third-order valence-corrected chi connectivity index (χ3v) is 20.3. The van der Waals surface area contributed by atoms with Crippen molar-refractivity contribution in [3.63, 3.8) is 0 Å². The van der Waals surface area contributed by atoms with Gasteiger partial charge in [-0.1, -0.05) is 194 Å². The Hall–Kier alpha value is -10.2. The van der Waals surface area contributed by atoms with Gasteiger partial charge in [0.15, 0.2) is 0 Å². The molecule has 2 atom stereocenters. The molecule has 398 valence electrons. The second-order valence-corrected chi connectivity index (χ2v) is 24.0. The topological polar surface area (TPSA) is 19.7 Å². The fourth-order valence-corrected chi connectivity index (χ4v) is 16.8. The third-order valence-electron chi connectivity index (χ3n) is 20.3. The zero-order valence-corrected chi connectivity index (χ0v) is 46.5. The van der Waals surface area contributed by atoms with E-state index in [1.165, 1.54) is 132 Å². The molecule has 4 nitrogen and oxygen atoms in total. The van der Waals surface area contributed by atoms with Gasteiger partial charge in [0, 0.05) is 76.7 Å². The standard InChI is InChI=1S/C80H58N4/c1-9-25-71-63(17-1)64-18-2-10-26-72(64)81(71)59-41-33-53(34-42-59)79(54-35-43-60(44-36-54)82-73-27-11-3-19-65(73)66-20-4-12-28-74(66)82)50-49-57-51-58(79)52-80(57,55-37-45-61(46-38-55)83-75-29-13-5-21-67(75)68-22-6-14-30-76(68)83)56-39-47-62(48-40-56)84-77-31-15-7-23-69(77)70-24-8-16-32-78(70)84/h1-48,57-58H,49-52H2. The Bertz CT molecular complexity index is 4420. The zero-order valence-electron chi connectivity index (χ0n) is 46.5. The predicted molar refractivity (Wildman–Crippen MR) is 350 cm³/mol. The minimum Gasteiger partial charge on any atom is -0.309 e. The number of nitrogens with zero attached hydrogens (tertiary/aromatic N) is 4. The summed E-state index contributed by atoms with van der Waals surface area (Å²) in [5, 5.41) is 10.3. The smallest absolute Gasteiger partial charge is 0.0541 e. The van der Waals surface area contributed by atoms with E-state index in [-0.39, 0.29) is 10.8 Å². The zero-order chi connectivity index (χ0) is 55.1. The Kier molecular flexibility index (Phi) is 10.3. The van der Waals surface area contributed by atoms with Crippen LogP contribution in [-0.4, -0.2) is 18.3 Å². The van der Waals surface area contributed by atoms with Gasteiger partial charge in [0.1, 0.15) is 0 Å². The van der Waals surface area contributed by atoms with Crippen LogP contribution >= 0.6 is 0 Å². The number of para-hydroxylation sites is 8. The molecule has 16 aromatic rings. The molecule has 4 heterocycles. The highest BCUT2D eigenvalue weighted by Crippen LogP contribution is 2.65. The van der Waals surface area contributed by atoms with E-state index in [9.17, 15) is 0 Å². The van der Waals surface area contributed by atoms with Crippen LogP contribution in [-0.2, 0) is 10.8 Å². The van der Waals surface area contributed by atoms with Gasteiger partial charge in [-0.3, -0.25) is 0 Å². The Balaban J connectivity index is 0.816. The van der Waals surface area contributed by atoms with Crippen molar-refractivity contribution in [3.05, 3.63) is 313 Å². The molecule has 2 unspecified atom stereocenters. The van der Waals surface area contributed by atoms with Crippen molar-refractivity contribution in [2.75, 3.05) is 0 Å². The van der Waals surface area contributed by atoms with Gasteiger partial charge in [0.2, 0.25) is 0 Å². The van der Waals surface area contributed by atoms with E-state index in [2.05, 4.69) is 309 Å². The molecule has 4 aromatic heterocycles. The summed E-state index contributed by atoms with van der Waals surface area (Å²) in [6, 6.07) is 110. The molecule has 2 aliphatic rings. The molecule has 18 rings (SSSR count). The van der Waals surface area contributed by atoms with Crippen molar-refractivity contribution in [2.24, 2.45) is 11.8 Å². The lowest BCUT2D eigenvalue weighted by molar-refractivity contribution is 0.228. The monoisotopic (exact) mass is 1070 g/mol. The first-order chi connectivity index (χ1) is 41.6. The molecule has 2 fully saturated rings. The highest BCUT2D eigenvalue weighted by molar-refractivity contribution is 6.12. The summed E-state index contributed by atoms with van der Waals surface area (Å²) in [6.45, 7) is 0. The minimum atomic E-state index is -0.261. The van der Waals surface area contributed by atoms with Crippen LogP contribution < -0.4 is 0 Å². The van der Waals surface area contributed by atoms with E-state index < -0.39 is 0 Å². The Morgan fingerprint density at radius 2 is 0.440 bits per heavy atom. The molecule has 0 amide bonds. The molecular weight excluding hydrogens is 1020 g/mol. The molecule has 12 aromatic carbocycles. The molecule has 0 aliphatic heterocycles. The van der Waals surface area contributed by atoms with Crippen LogP contribution in [0.3, 0.4) is 0 Å². The lowest BCUT2D eigenvalue weighted by Gasteiger charge is -2.44. The van der Waals surface area contributed by atoms with E-state index in [1.807, 2.05) is 0 Å². The molecule has 0 spiro atoms. The molecular formula is C80H58N4. The minimum absolute atomic E-state index is 0.253. The molecule has 2 aliphatic carbocycles. The van der Waals surface area contributed by atoms with Crippen molar-refractivity contribution >= 4 is 87.2 Å². The van der Waals surface area contributed by atoms with E-state index in [4.69, 9.17) is 0 Å². The van der Waals surface area contributed by atoms with E-state index in [0.717, 1.165) is 25.7 Å². The van der Waals surface area contributed by atoms with Crippen LogP contribution in [0.15, 0.2) is 291 Å². The van der Waals surface area contributed by atoms with Gasteiger partial charge < -0.3 is 18.3 Å². The van der Waals surface area contributed by atoms with Gasteiger partial charge in [-0.15, -0.1) is 0 Å². The maximum Gasteiger partial charge on any atom is 0.0541 e. The largest absolute Gasteiger partial charge is 0.309 e. The summed E-state index contributed by atoms with van der Waals surface area (Å²) in [5.41, 5.74) is 19.7. The van der Waals surface area contributed by atoms with Crippen molar-refractivity contribution in [2.45, 2.75) is 36.5 Å². The van der Waals surface area contributed by atoms with E-state index in [1.54, 1.807) is 0 Å². The highest BCUT2D eigenvalue weighted by atomic mass is 15.0. The molecule has 4 heteroatoms. The molecule has 0 N–H and O–H groups in total. The average Bonchev–Trinajstić information content (AvgIpc) is 4.48. The number of aromatic nitrogens is 4. The van der Waals surface area contributed by atoms with Gasteiger partial charge in [-0.2, -0.15) is 0 Å². The summed E-state index contributed by atoms with van der Waals surface area (Å²) in [5.74, 6) is 0.756. The maximum absolute atomic E-state index is 2.50. The lowest BCUT2D eigenvalue weighted by atomic mass is 9.59. The summed E-state index contributed by atoms with van der Waals surface area (Å²) >= 11 is 0. The highest BCUT2D eigenvalue weighted by Gasteiger charge is 2.59. The summed E-state index contributed by atoms with van der Waals surface area (Å²) in [4.78, 5) is 0. The normalized spacial score (nSPS) is 16.6. The Labute approximate surface area is 487 Å². The van der Waals surface area contributed by atoms with E-state index >= 15 is 0 Å². The summed E-state index contributed by atoms with van der Waals surface area (Å²) < 4.78 is 9.85. The predicted octanol–water partition coefficient (Wildman–Crippen LogP) is 20.2. The number of hydrogen-bond donors (Lipinski definition) is 0. The van der Waals surface area contributed by atoms with Crippen LogP contribution in [0.1, 0.15) is 47.9 Å². The maximum atomic E-state index is 2.50. The van der Waals surface area contributed by atoms with Gasteiger partial charge in [-0.05, 0) is 157 Å². The van der Waals surface area contributed by atoms with Crippen LogP contribution in [0, 0.1) is 11.8 Å². The van der Waals surface area contributed by atoms with Crippen LogP contribution in [0.4, 0.5) is 0 Å². The second-order valence-electron chi connectivity index (χ2n) is 24.0. The summed E-state index contributed by atoms with van der Waals surface area (Å²) in [6.07, 6.45) is 4.27. The molecule has 2 bridgehead atoms. The van der Waals surface area contributed by atoms with Gasteiger partial charge in [-0.25, -0.2) is 0 Å². The molecule has 0 radical (unpaired) electrons. The third kappa shape index (κ3) is 6.65. The molecule has 84 heavy (non-hydrogen) atoms. The fraction of sp³-hybridized carbons (Fsp3) is 0.100. The first kappa shape index (κ1) is 47.5. The van der Waals surface area contributed by atoms with Crippen LogP contribution in [0.2, 0.25) is 0 Å². The fourth-order valence-electron chi connectivity index (χ4n) is 16.8. The van der Waals surface area contributed by atoms with E-state index in [0.29, 0.717) is 11.8 Å². The average molecular weight is 1080 g/mol. The summed E-state index contributed by atoms with van der Waals surface area (Å²) in [7, 11) is 0.